The summed E-state index contributed by atoms with van der Waals surface area (Å²) in [6.45, 7) is 1.89. The van der Waals surface area contributed by atoms with E-state index in [9.17, 15) is 14.4 Å². The average Bonchev–Trinajstić information content (AvgIpc) is 2.61. The molecule has 0 saturated carbocycles. The highest BCUT2D eigenvalue weighted by Crippen LogP contribution is 2.22. The number of carbonyl (C=O) groups is 3. The maximum atomic E-state index is 11.8. The van der Waals surface area contributed by atoms with Crippen molar-refractivity contribution in [3.63, 3.8) is 0 Å². The number of hydrogen-bond donors (Lipinski definition) is 2. The zero-order valence-corrected chi connectivity index (χ0v) is 10.5. The molecule has 1 atom stereocenters. The summed E-state index contributed by atoms with van der Waals surface area (Å²) in [6, 6.07) is 7.38. The van der Waals surface area contributed by atoms with Crippen LogP contribution < -0.4 is 10.6 Å². The van der Waals surface area contributed by atoms with Crippen molar-refractivity contribution in [2.45, 2.75) is 18.6 Å². The number of anilines is 1. The van der Waals surface area contributed by atoms with Gasteiger partial charge in [0.25, 0.3) is 5.24 Å². The van der Waals surface area contributed by atoms with E-state index in [1.165, 1.54) is 0 Å². The van der Waals surface area contributed by atoms with Gasteiger partial charge in [0.15, 0.2) is 0 Å². The molecule has 1 aromatic rings. The second-order valence-corrected chi connectivity index (χ2v) is 5.13. The molecule has 1 fully saturated rings. The quantitative estimate of drug-likeness (QED) is 0.871. The number of amides is 3. The minimum absolute atomic E-state index is 0.00340. The van der Waals surface area contributed by atoms with E-state index >= 15 is 0 Å². The largest absolute Gasteiger partial charge is 0.326 e. The number of thioether (sulfide) groups is 1. The van der Waals surface area contributed by atoms with Crippen molar-refractivity contribution < 1.29 is 14.4 Å². The first-order valence-corrected chi connectivity index (χ1v) is 6.31. The molecule has 6 heteroatoms. The van der Waals surface area contributed by atoms with Gasteiger partial charge in [-0.05, 0) is 18.6 Å². The Labute approximate surface area is 108 Å². The summed E-state index contributed by atoms with van der Waals surface area (Å²) in [7, 11) is 0. The molecule has 1 aliphatic rings. The molecule has 0 aromatic heterocycles. The van der Waals surface area contributed by atoms with Crippen LogP contribution in [-0.4, -0.2) is 22.3 Å². The molecular formula is C12H12N2O3S. The molecule has 1 aliphatic heterocycles. The zero-order valence-electron chi connectivity index (χ0n) is 9.73. The van der Waals surface area contributed by atoms with Gasteiger partial charge < -0.3 is 5.32 Å². The van der Waals surface area contributed by atoms with Crippen LogP contribution >= 0.6 is 11.8 Å². The van der Waals surface area contributed by atoms with Crippen molar-refractivity contribution >= 4 is 34.5 Å². The van der Waals surface area contributed by atoms with Gasteiger partial charge in [0.1, 0.15) is 5.25 Å². The average molecular weight is 264 g/mol. The Kier molecular flexibility index (Phi) is 3.66. The summed E-state index contributed by atoms with van der Waals surface area (Å²) in [5.41, 5.74) is 1.67. The van der Waals surface area contributed by atoms with Crippen molar-refractivity contribution in [1.82, 2.24) is 5.32 Å². The number of aryl methyl sites for hydroxylation is 1. The Morgan fingerprint density at radius 1 is 1.39 bits per heavy atom. The molecule has 2 rings (SSSR count). The predicted octanol–water partition coefficient (Wildman–Crippen LogP) is 1.68. The van der Waals surface area contributed by atoms with E-state index < -0.39 is 16.4 Å². The maximum absolute atomic E-state index is 11.8. The topological polar surface area (TPSA) is 75.3 Å². The third-order valence-electron chi connectivity index (χ3n) is 2.56. The molecule has 5 nitrogen and oxygen atoms in total. The second-order valence-electron chi connectivity index (χ2n) is 3.95. The van der Waals surface area contributed by atoms with Crippen molar-refractivity contribution in [2.24, 2.45) is 0 Å². The number of carbonyl (C=O) groups excluding carboxylic acids is 3. The summed E-state index contributed by atoms with van der Waals surface area (Å²) >= 11 is 0.856. The molecule has 0 radical (unpaired) electrons. The highest BCUT2D eigenvalue weighted by molar-refractivity contribution is 8.15. The summed E-state index contributed by atoms with van der Waals surface area (Å²) in [5.74, 6) is -0.670. The molecule has 0 bridgehead atoms. The number of hydrogen-bond acceptors (Lipinski definition) is 4. The molecule has 1 heterocycles. The lowest BCUT2D eigenvalue weighted by molar-refractivity contribution is -0.122. The number of rotatable bonds is 3. The van der Waals surface area contributed by atoms with Crippen molar-refractivity contribution in [3.8, 4) is 0 Å². The molecular weight excluding hydrogens is 252 g/mol. The van der Waals surface area contributed by atoms with Gasteiger partial charge in [-0.3, -0.25) is 19.7 Å². The predicted molar refractivity (Wildman–Crippen MR) is 69.3 cm³/mol. The molecule has 3 amide bonds. The number of para-hydroxylation sites is 1. The Morgan fingerprint density at radius 3 is 2.72 bits per heavy atom. The zero-order chi connectivity index (χ0) is 13.1. The van der Waals surface area contributed by atoms with E-state index in [1.807, 2.05) is 25.1 Å². The van der Waals surface area contributed by atoms with Crippen LogP contribution in [0.5, 0.6) is 0 Å². The molecule has 18 heavy (non-hydrogen) atoms. The first kappa shape index (κ1) is 12.6. The monoisotopic (exact) mass is 264 g/mol. The first-order valence-electron chi connectivity index (χ1n) is 5.43. The van der Waals surface area contributed by atoms with Crippen LogP contribution in [0.2, 0.25) is 0 Å². The van der Waals surface area contributed by atoms with E-state index in [1.54, 1.807) is 6.07 Å². The van der Waals surface area contributed by atoms with Crippen LogP contribution in [0.4, 0.5) is 10.5 Å². The van der Waals surface area contributed by atoms with E-state index in [0.717, 1.165) is 23.0 Å². The van der Waals surface area contributed by atoms with Crippen molar-refractivity contribution in [3.05, 3.63) is 29.8 Å². The molecule has 1 saturated heterocycles. The number of nitrogens with one attached hydrogen (secondary N) is 2. The highest BCUT2D eigenvalue weighted by atomic mass is 32.2. The van der Waals surface area contributed by atoms with Crippen LogP contribution in [0.25, 0.3) is 0 Å². The third kappa shape index (κ3) is 2.89. The lowest BCUT2D eigenvalue weighted by atomic mass is 10.2. The summed E-state index contributed by atoms with van der Waals surface area (Å²) in [5, 5.41) is 3.86. The smallest absolute Gasteiger partial charge is 0.286 e. The van der Waals surface area contributed by atoms with Crippen LogP contribution in [0.15, 0.2) is 24.3 Å². The fourth-order valence-electron chi connectivity index (χ4n) is 1.61. The van der Waals surface area contributed by atoms with Gasteiger partial charge in [-0.15, -0.1) is 0 Å². The molecule has 0 aliphatic carbocycles. The van der Waals surface area contributed by atoms with Crippen LogP contribution in [0.1, 0.15) is 12.0 Å². The first-order chi connectivity index (χ1) is 8.56. The fraction of sp³-hybridized carbons (Fsp3) is 0.250. The Hall–Kier alpha value is -1.82. The minimum atomic E-state index is -0.624. The lowest BCUT2D eigenvalue weighted by Gasteiger charge is -2.09. The van der Waals surface area contributed by atoms with Gasteiger partial charge >= 0.3 is 0 Å². The molecule has 0 unspecified atom stereocenters. The Balaban J connectivity index is 1.95. The van der Waals surface area contributed by atoms with E-state index in [4.69, 9.17) is 0 Å². The Bertz CT molecular complexity index is 516. The van der Waals surface area contributed by atoms with Gasteiger partial charge in [0.2, 0.25) is 11.8 Å². The van der Waals surface area contributed by atoms with Gasteiger partial charge in [0, 0.05) is 12.1 Å². The molecule has 1 aromatic carbocycles. The van der Waals surface area contributed by atoms with Crippen LogP contribution in [0, 0.1) is 6.92 Å². The highest BCUT2D eigenvalue weighted by Gasteiger charge is 2.33. The lowest BCUT2D eigenvalue weighted by Crippen LogP contribution is -2.27. The second kappa shape index (κ2) is 5.22. The van der Waals surface area contributed by atoms with Crippen LogP contribution in [0.3, 0.4) is 0 Å². The minimum Gasteiger partial charge on any atom is -0.326 e. The van der Waals surface area contributed by atoms with Gasteiger partial charge in [-0.2, -0.15) is 0 Å². The van der Waals surface area contributed by atoms with Crippen molar-refractivity contribution in [2.75, 3.05) is 5.32 Å². The Morgan fingerprint density at radius 2 is 2.11 bits per heavy atom. The summed E-state index contributed by atoms with van der Waals surface area (Å²) in [6.07, 6.45) is -0.00340. The van der Waals surface area contributed by atoms with E-state index in [2.05, 4.69) is 10.6 Å². The SMILES string of the molecule is Cc1ccccc1NC(=O)C[C@@H]1SC(=O)NC1=O. The molecule has 0 spiro atoms. The molecule has 94 valence electrons. The number of imide groups is 1. The third-order valence-corrected chi connectivity index (χ3v) is 3.54. The van der Waals surface area contributed by atoms with Crippen LogP contribution in [-0.2, 0) is 9.59 Å². The standard InChI is InChI=1S/C12H12N2O3S/c1-7-4-2-3-5-8(7)13-10(15)6-9-11(16)14-12(17)18-9/h2-5,9H,6H2,1H3,(H,13,15)(H,14,16,17)/t9-/m0/s1. The van der Waals surface area contributed by atoms with E-state index in [0.29, 0.717) is 0 Å². The maximum Gasteiger partial charge on any atom is 0.286 e. The van der Waals surface area contributed by atoms with E-state index in [-0.39, 0.29) is 12.3 Å². The number of benzene rings is 1. The van der Waals surface area contributed by atoms with Crippen molar-refractivity contribution in [1.29, 1.82) is 0 Å². The normalized spacial score (nSPS) is 18.6. The van der Waals surface area contributed by atoms with Gasteiger partial charge in [-0.25, -0.2) is 0 Å². The summed E-state index contributed by atoms with van der Waals surface area (Å²) < 4.78 is 0. The molecule has 2 N–H and O–H groups in total. The van der Waals surface area contributed by atoms with Gasteiger partial charge in [-0.1, -0.05) is 30.0 Å². The summed E-state index contributed by atoms with van der Waals surface area (Å²) in [4.78, 5) is 34.0. The van der Waals surface area contributed by atoms with Gasteiger partial charge in [0.05, 0.1) is 0 Å². The fourth-order valence-corrected chi connectivity index (χ4v) is 2.43.